The lowest BCUT2D eigenvalue weighted by Crippen LogP contribution is -2.49. The van der Waals surface area contributed by atoms with Crippen molar-refractivity contribution in [1.29, 1.82) is 0 Å². The molecule has 1 aromatic heterocycles. The minimum Gasteiger partial charge on any atom is -0.390 e. The maximum absolute atomic E-state index is 10.3. The van der Waals surface area contributed by atoms with Crippen molar-refractivity contribution in [2.45, 2.75) is 38.7 Å². The molecule has 21 heavy (non-hydrogen) atoms. The first-order valence-corrected chi connectivity index (χ1v) is 7.66. The van der Waals surface area contributed by atoms with Gasteiger partial charge in [-0.3, -0.25) is 14.8 Å². The van der Waals surface area contributed by atoms with Crippen LogP contribution < -0.4 is 0 Å². The molecule has 0 saturated carbocycles. The van der Waals surface area contributed by atoms with Gasteiger partial charge in [0, 0.05) is 45.1 Å². The van der Waals surface area contributed by atoms with E-state index in [9.17, 15) is 5.11 Å². The first-order chi connectivity index (χ1) is 10.0. The molecule has 0 amide bonds. The summed E-state index contributed by atoms with van der Waals surface area (Å²) in [6.45, 7) is 8.14. The van der Waals surface area contributed by atoms with Crippen molar-refractivity contribution >= 4 is 0 Å². The summed E-state index contributed by atoms with van der Waals surface area (Å²) in [5, 5.41) is 10.3. The Bertz CT molecular complexity index is 405. The molecule has 1 aromatic rings. The lowest BCUT2D eigenvalue weighted by atomic mass is 10.2. The van der Waals surface area contributed by atoms with Gasteiger partial charge in [0.15, 0.2) is 0 Å². The summed E-state index contributed by atoms with van der Waals surface area (Å²) in [7, 11) is 2.03. The summed E-state index contributed by atoms with van der Waals surface area (Å²) in [5.74, 6) is 0. The molecule has 1 saturated heterocycles. The Balaban J connectivity index is 1.74. The van der Waals surface area contributed by atoms with Gasteiger partial charge < -0.3 is 9.84 Å². The minimum atomic E-state index is -0.343. The van der Waals surface area contributed by atoms with Gasteiger partial charge in [-0.15, -0.1) is 0 Å². The maximum atomic E-state index is 10.3. The predicted octanol–water partition coefficient (Wildman–Crippen LogP) is 0.983. The molecular weight excluding hydrogens is 266 g/mol. The zero-order chi connectivity index (χ0) is 15.2. The Morgan fingerprint density at radius 2 is 2.14 bits per heavy atom. The number of morpholine rings is 1. The van der Waals surface area contributed by atoms with Crippen LogP contribution in [0.2, 0.25) is 0 Å². The zero-order valence-electron chi connectivity index (χ0n) is 13.3. The Hall–Kier alpha value is -1.01. The number of aliphatic hydroxyl groups excluding tert-OH is 1. The molecule has 118 valence electrons. The lowest BCUT2D eigenvalue weighted by molar-refractivity contribution is -0.0777. The quantitative estimate of drug-likeness (QED) is 0.847. The molecule has 0 aliphatic carbocycles. The average molecular weight is 293 g/mol. The van der Waals surface area contributed by atoms with Crippen molar-refractivity contribution in [3.05, 3.63) is 30.1 Å². The largest absolute Gasteiger partial charge is 0.390 e. The lowest BCUT2D eigenvalue weighted by Gasteiger charge is -2.36. The number of rotatable bonds is 6. The van der Waals surface area contributed by atoms with Crippen LogP contribution in [0.4, 0.5) is 0 Å². The van der Waals surface area contributed by atoms with Crippen molar-refractivity contribution < 1.29 is 9.84 Å². The molecule has 0 bridgehead atoms. The Kier molecular flexibility index (Phi) is 6.11. The standard InChI is InChI=1S/C16H27N3O2/c1-13-8-19(9-14(2)21-13)12-16(20)11-18(3)10-15-5-4-6-17-7-15/h4-7,13-14,16,20H,8-12H2,1-3H3. The fraction of sp³-hybridized carbons (Fsp3) is 0.688. The highest BCUT2D eigenvalue weighted by Crippen LogP contribution is 2.11. The van der Waals surface area contributed by atoms with Crippen molar-refractivity contribution in [3.8, 4) is 0 Å². The van der Waals surface area contributed by atoms with E-state index in [1.807, 2.05) is 19.3 Å². The molecule has 5 nitrogen and oxygen atoms in total. The van der Waals surface area contributed by atoms with Crippen LogP contribution in [0.3, 0.4) is 0 Å². The van der Waals surface area contributed by atoms with Crippen LogP contribution in [0.25, 0.3) is 0 Å². The van der Waals surface area contributed by atoms with E-state index in [-0.39, 0.29) is 18.3 Å². The van der Waals surface area contributed by atoms with E-state index in [0.717, 1.165) is 19.6 Å². The number of ether oxygens (including phenoxy) is 1. The van der Waals surface area contributed by atoms with E-state index in [1.54, 1.807) is 6.20 Å². The smallest absolute Gasteiger partial charge is 0.0793 e. The number of pyridine rings is 1. The highest BCUT2D eigenvalue weighted by atomic mass is 16.5. The Morgan fingerprint density at radius 1 is 1.43 bits per heavy atom. The van der Waals surface area contributed by atoms with Gasteiger partial charge >= 0.3 is 0 Å². The van der Waals surface area contributed by atoms with Crippen LogP contribution in [0.1, 0.15) is 19.4 Å². The van der Waals surface area contributed by atoms with Gasteiger partial charge in [-0.05, 0) is 32.5 Å². The van der Waals surface area contributed by atoms with Crippen LogP contribution in [-0.4, -0.2) is 71.4 Å². The second-order valence-corrected chi connectivity index (χ2v) is 6.19. The van der Waals surface area contributed by atoms with Gasteiger partial charge in [-0.2, -0.15) is 0 Å². The van der Waals surface area contributed by atoms with Gasteiger partial charge in [-0.1, -0.05) is 6.07 Å². The van der Waals surface area contributed by atoms with Crippen molar-refractivity contribution in [2.75, 3.05) is 33.2 Å². The Labute approximate surface area is 127 Å². The highest BCUT2D eigenvalue weighted by molar-refractivity contribution is 5.07. The summed E-state index contributed by atoms with van der Waals surface area (Å²) in [5.41, 5.74) is 1.17. The maximum Gasteiger partial charge on any atom is 0.0793 e. The third-order valence-electron chi connectivity index (χ3n) is 3.66. The van der Waals surface area contributed by atoms with Crippen LogP contribution in [0, 0.1) is 0 Å². The number of hydrogen-bond donors (Lipinski definition) is 1. The molecule has 5 heteroatoms. The molecular formula is C16H27N3O2. The van der Waals surface area contributed by atoms with Crippen LogP contribution in [-0.2, 0) is 11.3 Å². The first-order valence-electron chi connectivity index (χ1n) is 7.66. The number of hydrogen-bond acceptors (Lipinski definition) is 5. The van der Waals surface area contributed by atoms with E-state index < -0.39 is 0 Å². The molecule has 0 spiro atoms. The van der Waals surface area contributed by atoms with Crippen LogP contribution in [0.15, 0.2) is 24.5 Å². The zero-order valence-corrected chi connectivity index (χ0v) is 13.3. The van der Waals surface area contributed by atoms with E-state index >= 15 is 0 Å². The molecule has 1 N–H and O–H groups in total. The van der Waals surface area contributed by atoms with Gasteiger partial charge in [-0.25, -0.2) is 0 Å². The van der Waals surface area contributed by atoms with E-state index in [4.69, 9.17) is 4.74 Å². The molecule has 2 rings (SSSR count). The summed E-state index contributed by atoms with van der Waals surface area (Å²) in [6.07, 6.45) is 3.79. The monoisotopic (exact) mass is 293 g/mol. The molecule has 3 atom stereocenters. The summed E-state index contributed by atoms with van der Waals surface area (Å²) < 4.78 is 5.72. The number of nitrogens with zero attached hydrogens (tertiary/aromatic N) is 3. The molecule has 0 aromatic carbocycles. The van der Waals surface area contributed by atoms with E-state index in [0.29, 0.717) is 13.1 Å². The van der Waals surface area contributed by atoms with Gasteiger partial charge in [0.05, 0.1) is 18.3 Å². The molecule has 1 aliphatic heterocycles. The fourth-order valence-corrected chi connectivity index (χ4v) is 3.02. The summed E-state index contributed by atoms with van der Waals surface area (Å²) >= 11 is 0. The van der Waals surface area contributed by atoms with Crippen LogP contribution in [0.5, 0.6) is 0 Å². The van der Waals surface area contributed by atoms with Crippen molar-refractivity contribution in [3.63, 3.8) is 0 Å². The molecule has 1 aliphatic rings. The predicted molar refractivity (Wildman–Crippen MR) is 83.0 cm³/mol. The van der Waals surface area contributed by atoms with Crippen LogP contribution >= 0.6 is 0 Å². The van der Waals surface area contributed by atoms with Gasteiger partial charge in [0.25, 0.3) is 0 Å². The average Bonchev–Trinajstić information content (AvgIpc) is 2.37. The second-order valence-electron chi connectivity index (χ2n) is 6.19. The molecule has 0 radical (unpaired) electrons. The highest BCUT2D eigenvalue weighted by Gasteiger charge is 2.24. The summed E-state index contributed by atoms with van der Waals surface area (Å²) in [6, 6.07) is 4.00. The number of aliphatic hydroxyl groups is 1. The molecule has 1 fully saturated rings. The third-order valence-corrected chi connectivity index (χ3v) is 3.66. The number of likely N-dealkylation sites (N-methyl/N-ethyl adjacent to an activating group) is 1. The Morgan fingerprint density at radius 3 is 2.76 bits per heavy atom. The molecule has 2 heterocycles. The SMILES string of the molecule is CC1CN(CC(O)CN(C)Cc2cccnc2)CC(C)O1. The van der Waals surface area contributed by atoms with Gasteiger partial charge in [0.1, 0.15) is 0 Å². The first kappa shape index (κ1) is 16.4. The van der Waals surface area contributed by atoms with E-state index in [1.165, 1.54) is 5.56 Å². The topological polar surface area (TPSA) is 48.8 Å². The van der Waals surface area contributed by atoms with Gasteiger partial charge in [0.2, 0.25) is 0 Å². The number of β-amino-alcohol motifs (C(OH)–C–C–N with tert-alkyl or cyclic N) is 1. The number of aromatic nitrogens is 1. The fourth-order valence-electron chi connectivity index (χ4n) is 3.02. The normalized spacial score (nSPS) is 25.2. The van der Waals surface area contributed by atoms with Crippen molar-refractivity contribution in [2.24, 2.45) is 0 Å². The molecule has 3 unspecified atom stereocenters. The summed E-state index contributed by atoms with van der Waals surface area (Å²) in [4.78, 5) is 8.54. The van der Waals surface area contributed by atoms with E-state index in [2.05, 4.69) is 34.7 Å². The minimum absolute atomic E-state index is 0.245. The van der Waals surface area contributed by atoms with Crippen molar-refractivity contribution in [1.82, 2.24) is 14.8 Å². The second kappa shape index (κ2) is 7.84. The third kappa shape index (κ3) is 5.71.